The Morgan fingerprint density at radius 1 is 1.31 bits per heavy atom. The largest absolute Gasteiger partial charge is 0.345 e. The van der Waals surface area contributed by atoms with Crippen molar-refractivity contribution in [1.82, 2.24) is 29.0 Å². The van der Waals surface area contributed by atoms with E-state index in [1.165, 1.54) is 0 Å². The molecular weight excluding hydrogens is 332 g/mol. The van der Waals surface area contributed by atoms with E-state index >= 15 is 0 Å². The molecule has 26 heavy (non-hydrogen) atoms. The van der Waals surface area contributed by atoms with E-state index in [2.05, 4.69) is 24.0 Å². The highest BCUT2D eigenvalue weighted by Gasteiger charge is 2.40. The summed E-state index contributed by atoms with van der Waals surface area (Å²) in [5.41, 5.74) is -0.0369. The summed E-state index contributed by atoms with van der Waals surface area (Å²) in [5.74, 6) is 1.36. The van der Waals surface area contributed by atoms with Crippen molar-refractivity contribution in [2.24, 2.45) is 5.92 Å². The lowest BCUT2D eigenvalue weighted by Gasteiger charge is -2.28. The quantitative estimate of drug-likeness (QED) is 0.796. The molecule has 140 valence electrons. The van der Waals surface area contributed by atoms with Gasteiger partial charge in [0.1, 0.15) is 5.82 Å². The molecule has 4 rings (SSSR count). The Labute approximate surface area is 152 Å². The molecule has 0 N–H and O–H groups in total. The first-order valence-electron chi connectivity index (χ1n) is 9.48. The highest BCUT2D eigenvalue weighted by molar-refractivity contribution is 5.77. The normalized spacial score (nSPS) is 21.9. The van der Waals surface area contributed by atoms with Crippen molar-refractivity contribution in [2.45, 2.75) is 71.2 Å². The van der Waals surface area contributed by atoms with Crippen LogP contribution in [0.15, 0.2) is 23.3 Å². The molecule has 1 amide bonds. The van der Waals surface area contributed by atoms with Crippen molar-refractivity contribution >= 4 is 5.91 Å². The topological polar surface area (TPSA) is 78.0 Å². The fourth-order valence-electron chi connectivity index (χ4n) is 4.23. The smallest absolute Gasteiger partial charge is 0.334 e. The number of aryl methyl sites for hydroxylation is 1. The SMILES string of the molecule is CC(C)Cn1nc2n(c1=O)C[C@H]1CC[C@@H](C2)N1C(=O)CCn1cccn1. The fraction of sp³-hybridized carbons (Fsp3) is 0.667. The molecule has 0 unspecified atom stereocenters. The van der Waals surface area contributed by atoms with Gasteiger partial charge in [0.2, 0.25) is 5.91 Å². The van der Waals surface area contributed by atoms with Crippen LogP contribution in [0.4, 0.5) is 0 Å². The summed E-state index contributed by atoms with van der Waals surface area (Å²) in [6, 6.07) is 2.11. The van der Waals surface area contributed by atoms with Crippen molar-refractivity contribution < 1.29 is 4.79 Å². The molecule has 8 nitrogen and oxygen atoms in total. The van der Waals surface area contributed by atoms with Gasteiger partial charge in [0.25, 0.3) is 0 Å². The standard InChI is InChI=1S/C18H26N6O2/c1-13(2)11-23-18(26)22-12-15-5-4-14(10-16(22)20-23)24(15)17(25)6-9-21-8-3-7-19-21/h3,7-8,13-15H,4-6,9-12H2,1-2H3/t14-,15+/m0/s1. The molecule has 4 heterocycles. The second-order valence-electron chi connectivity index (χ2n) is 7.79. The lowest BCUT2D eigenvalue weighted by Crippen LogP contribution is -2.43. The molecule has 8 heteroatoms. The van der Waals surface area contributed by atoms with E-state index in [4.69, 9.17) is 0 Å². The highest BCUT2D eigenvalue weighted by atomic mass is 16.2. The van der Waals surface area contributed by atoms with Crippen molar-refractivity contribution in [3.63, 3.8) is 0 Å². The van der Waals surface area contributed by atoms with Gasteiger partial charge in [-0.3, -0.25) is 14.0 Å². The predicted molar refractivity (Wildman–Crippen MR) is 95.5 cm³/mol. The summed E-state index contributed by atoms with van der Waals surface area (Å²) in [6.07, 6.45) is 6.65. The average molecular weight is 358 g/mol. The lowest BCUT2D eigenvalue weighted by molar-refractivity contribution is -0.134. The molecule has 0 aromatic carbocycles. The zero-order valence-corrected chi connectivity index (χ0v) is 15.4. The number of nitrogens with zero attached hydrogens (tertiary/aromatic N) is 6. The van der Waals surface area contributed by atoms with Gasteiger partial charge in [-0.15, -0.1) is 0 Å². The Bertz CT molecular complexity index is 834. The van der Waals surface area contributed by atoms with Crippen molar-refractivity contribution in [3.05, 3.63) is 34.8 Å². The molecule has 2 aliphatic rings. The fourth-order valence-corrected chi connectivity index (χ4v) is 4.23. The first-order chi connectivity index (χ1) is 12.5. The molecule has 1 saturated heterocycles. The van der Waals surface area contributed by atoms with Crippen LogP contribution in [0.25, 0.3) is 0 Å². The van der Waals surface area contributed by atoms with Gasteiger partial charge in [0.05, 0.1) is 6.04 Å². The van der Waals surface area contributed by atoms with Gasteiger partial charge < -0.3 is 4.90 Å². The number of amides is 1. The van der Waals surface area contributed by atoms with Crippen LogP contribution in [-0.2, 0) is 30.8 Å². The number of carbonyl (C=O) groups excluding carboxylic acids is 1. The van der Waals surface area contributed by atoms with Gasteiger partial charge >= 0.3 is 5.69 Å². The monoisotopic (exact) mass is 358 g/mol. The molecule has 0 aliphatic carbocycles. The van der Waals surface area contributed by atoms with Crippen LogP contribution in [0.5, 0.6) is 0 Å². The maximum Gasteiger partial charge on any atom is 0.345 e. The Balaban J connectivity index is 1.51. The minimum Gasteiger partial charge on any atom is -0.334 e. The van der Waals surface area contributed by atoms with Gasteiger partial charge in [-0.05, 0) is 24.8 Å². The Hall–Kier alpha value is -2.38. The van der Waals surface area contributed by atoms with Crippen LogP contribution in [0.3, 0.4) is 0 Å². The van der Waals surface area contributed by atoms with Gasteiger partial charge in [-0.1, -0.05) is 13.8 Å². The van der Waals surface area contributed by atoms with Crippen molar-refractivity contribution in [1.29, 1.82) is 0 Å². The van der Waals surface area contributed by atoms with E-state index in [-0.39, 0.29) is 23.7 Å². The first kappa shape index (κ1) is 17.1. The minimum atomic E-state index is -0.0369. The number of fused-ring (bicyclic) bond motifs is 3. The lowest BCUT2D eigenvalue weighted by atomic mass is 10.1. The van der Waals surface area contributed by atoms with E-state index in [1.54, 1.807) is 20.1 Å². The summed E-state index contributed by atoms with van der Waals surface area (Å²) in [5, 5.41) is 8.73. The van der Waals surface area contributed by atoms with Gasteiger partial charge in [0.15, 0.2) is 0 Å². The van der Waals surface area contributed by atoms with Crippen LogP contribution < -0.4 is 5.69 Å². The highest BCUT2D eigenvalue weighted by Crippen LogP contribution is 2.31. The molecule has 0 spiro atoms. The molecule has 2 bridgehead atoms. The average Bonchev–Trinajstić information content (AvgIpc) is 3.26. The van der Waals surface area contributed by atoms with Crippen LogP contribution in [-0.4, -0.2) is 47.0 Å². The van der Waals surface area contributed by atoms with Gasteiger partial charge in [-0.2, -0.15) is 10.2 Å². The third kappa shape index (κ3) is 3.08. The van der Waals surface area contributed by atoms with E-state index in [9.17, 15) is 9.59 Å². The third-order valence-corrected chi connectivity index (χ3v) is 5.37. The first-order valence-corrected chi connectivity index (χ1v) is 9.48. The molecule has 2 aromatic heterocycles. The Kier molecular flexibility index (Phi) is 4.42. The zero-order valence-electron chi connectivity index (χ0n) is 15.4. The summed E-state index contributed by atoms with van der Waals surface area (Å²) >= 11 is 0. The Morgan fingerprint density at radius 3 is 2.85 bits per heavy atom. The van der Waals surface area contributed by atoms with Crippen LogP contribution in [0.1, 0.15) is 38.9 Å². The third-order valence-electron chi connectivity index (χ3n) is 5.37. The van der Waals surface area contributed by atoms with Crippen molar-refractivity contribution in [3.8, 4) is 0 Å². The van der Waals surface area contributed by atoms with Crippen LogP contribution >= 0.6 is 0 Å². The summed E-state index contributed by atoms with van der Waals surface area (Å²) in [6.45, 7) is 5.96. The molecule has 0 saturated carbocycles. The molecule has 0 radical (unpaired) electrons. The van der Waals surface area contributed by atoms with E-state index in [0.29, 0.717) is 38.4 Å². The predicted octanol–water partition coefficient (Wildman–Crippen LogP) is 0.903. The second kappa shape index (κ2) is 6.74. The number of hydrogen-bond donors (Lipinski definition) is 0. The molecule has 2 aromatic rings. The van der Waals surface area contributed by atoms with E-state index in [0.717, 1.165) is 18.7 Å². The summed E-state index contributed by atoms with van der Waals surface area (Å²) < 4.78 is 5.17. The summed E-state index contributed by atoms with van der Waals surface area (Å²) in [4.78, 5) is 27.6. The maximum absolute atomic E-state index is 12.8. The van der Waals surface area contributed by atoms with Crippen molar-refractivity contribution in [2.75, 3.05) is 0 Å². The Morgan fingerprint density at radius 2 is 2.12 bits per heavy atom. The number of hydrogen-bond acceptors (Lipinski definition) is 4. The zero-order chi connectivity index (χ0) is 18.3. The number of rotatable bonds is 5. The molecule has 2 atom stereocenters. The minimum absolute atomic E-state index is 0.0369. The van der Waals surface area contributed by atoms with E-state index in [1.807, 2.05) is 17.2 Å². The summed E-state index contributed by atoms with van der Waals surface area (Å²) in [7, 11) is 0. The van der Waals surface area contributed by atoms with Gasteiger partial charge in [-0.25, -0.2) is 9.48 Å². The number of aromatic nitrogens is 5. The van der Waals surface area contributed by atoms with Crippen LogP contribution in [0.2, 0.25) is 0 Å². The van der Waals surface area contributed by atoms with E-state index < -0.39 is 0 Å². The molecular formula is C18H26N6O2. The molecule has 2 aliphatic heterocycles. The number of carbonyl (C=O) groups is 1. The second-order valence-corrected chi connectivity index (χ2v) is 7.79. The van der Waals surface area contributed by atoms with Crippen LogP contribution in [0, 0.1) is 5.92 Å². The van der Waals surface area contributed by atoms with Gasteiger partial charge in [0, 0.05) is 50.9 Å². The molecule has 1 fully saturated rings. The maximum atomic E-state index is 12.8.